The van der Waals surface area contributed by atoms with E-state index in [1.54, 1.807) is 0 Å². The molecule has 0 aromatic carbocycles. The summed E-state index contributed by atoms with van der Waals surface area (Å²) in [7, 11) is 1.14. The van der Waals surface area contributed by atoms with Gasteiger partial charge in [-0.3, -0.25) is 14.4 Å². The third kappa shape index (κ3) is 3.91. The number of ketones is 3. The minimum atomic E-state index is -1.67. The molecule has 2 unspecified atom stereocenters. The van der Waals surface area contributed by atoms with Gasteiger partial charge in [0.25, 0.3) is 0 Å². The SMILES string of the molecule is COC(O)C(=O)CC(=O)C(C(C)=O)c1csc(N)n1. The molecule has 0 fully saturated rings. The molecule has 0 amide bonds. The fourth-order valence-electron chi connectivity index (χ4n) is 1.53. The van der Waals surface area contributed by atoms with Gasteiger partial charge in [-0.15, -0.1) is 11.3 Å². The highest BCUT2D eigenvalue weighted by atomic mass is 32.1. The lowest BCUT2D eigenvalue weighted by Gasteiger charge is -2.11. The number of hydrogen-bond acceptors (Lipinski definition) is 8. The van der Waals surface area contributed by atoms with Crippen LogP contribution >= 0.6 is 11.3 Å². The fourth-order valence-corrected chi connectivity index (χ4v) is 2.11. The van der Waals surface area contributed by atoms with Gasteiger partial charge in [0.15, 0.2) is 16.7 Å². The number of anilines is 1. The van der Waals surface area contributed by atoms with Crippen LogP contribution in [0.4, 0.5) is 5.13 Å². The minimum absolute atomic E-state index is 0.222. The number of carbonyl (C=O) groups is 3. The van der Waals surface area contributed by atoms with Crippen LogP contribution in [0, 0.1) is 0 Å². The Bertz CT molecular complexity index is 499. The van der Waals surface area contributed by atoms with Crippen molar-refractivity contribution in [3.63, 3.8) is 0 Å². The summed E-state index contributed by atoms with van der Waals surface area (Å²) in [6.07, 6.45) is -2.27. The van der Waals surface area contributed by atoms with Crippen LogP contribution in [0.2, 0.25) is 0 Å². The van der Waals surface area contributed by atoms with E-state index in [2.05, 4.69) is 9.72 Å². The van der Waals surface area contributed by atoms with Crippen molar-refractivity contribution in [2.24, 2.45) is 0 Å². The number of hydrogen-bond donors (Lipinski definition) is 2. The molecule has 1 aromatic rings. The third-order valence-corrected chi connectivity index (χ3v) is 3.10. The summed E-state index contributed by atoms with van der Waals surface area (Å²) in [6, 6.07) is 0. The molecule has 0 aliphatic heterocycles. The lowest BCUT2D eigenvalue weighted by molar-refractivity contribution is -0.152. The summed E-state index contributed by atoms with van der Waals surface area (Å²) in [5.41, 5.74) is 5.67. The van der Waals surface area contributed by atoms with Crippen molar-refractivity contribution in [1.29, 1.82) is 0 Å². The van der Waals surface area contributed by atoms with E-state index in [4.69, 9.17) is 10.8 Å². The lowest BCUT2D eigenvalue weighted by atomic mass is 9.93. The molecular weight excluding hydrogens is 272 g/mol. The summed E-state index contributed by atoms with van der Waals surface area (Å²) in [5, 5.41) is 10.9. The average molecular weight is 286 g/mol. The van der Waals surface area contributed by atoms with E-state index in [0.717, 1.165) is 18.4 Å². The predicted molar refractivity (Wildman–Crippen MR) is 67.6 cm³/mol. The number of aliphatic hydroxyl groups is 1. The van der Waals surface area contributed by atoms with E-state index >= 15 is 0 Å². The van der Waals surface area contributed by atoms with Crippen LogP contribution in [0.5, 0.6) is 0 Å². The highest BCUT2D eigenvalue weighted by molar-refractivity contribution is 7.13. The first-order valence-electron chi connectivity index (χ1n) is 5.34. The second kappa shape index (κ2) is 6.50. The van der Waals surface area contributed by atoms with Crippen LogP contribution in [-0.4, -0.2) is 40.8 Å². The molecule has 0 radical (unpaired) electrons. The highest BCUT2D eigenvalue weighted by Gasteiger charge is 2.30. The number of Topliss-reactive ketones (excluding diaryl/α,β-unsaturated/α-hetero) is 3. The second-order valence-electron chi connectivity index (χ2n) is 3.85. The van der Waals surface area contributed by atoms with Crippen LogP contribution in [0.1, 0.15) is 25.0 Å². The molecule has 0 aliphatic carbocycles. The first kappa shape index (κ1) is 15.4. The van der Waals surface area contributed by atoms with Crippen molar-refractivity contribution in [3.05, 3.63) is 11.1 Å². The van der Waals surface area contributed by atoms with Crippen molar-refractivity contribution < 1.29 is 24.2 Å². The molecule has 1 heterocycles. The molecule has 1 rings (SSSR count). The third-order valence-electron chi connectivity index (χ3n) is 2.41. The maximum atomic E-state index is 11.9. The minimum Gasteiger partial charge on any atom is -0.375 e. The molecule has 7 nitrogen and oxygen atoms in total. The Morgan fingerprint density at radius 3 is 2.53 bits per heavy atom. The Labute approximate surface area is 113 Å². The Hall–Kier alpha value is -1.64. The Morgan fingerprint density at radius 2 is 2.11 bits per heavy atom. The van der Waals surface area contributed by atoms with Gasteiger partial charge in [-0.25, -0.2) is 4.98 Å². The molecule has 19 heavy (non-hydrogen) atoms. The molecule has 2 atom stereocenters. The van der Waals surface area contributed by atoms with Crippen LogP contribution < -0.4 is 5.73 Å². The molecule has 0 saturated heterocycles. The number of carbonyl (C=O) groups excluding carboxylic acids is 3. The molecule has 0 bridgehead atoms. The molecule has 0 saturated carbocycles. The van der Waals surface area contributed by atoms with E-state index < -0.39 is 36.0 Å². The van der Waals surface area contributed by atoms with Crippen molar-refractivity contribution in [2.45, 2.75) is 25.6 Å². The maximum Gasteiger partial charge on any atom is 0.215 e. The largest absolute Gasteiger partial charge is 0.375 e. The topological polar surface area (TPSA) is 120 Å². The molecule has 3 N–H and O–H groups in total. The highest BCUT2D eigenvalue weighted by Crippen LogP contribution is 2.23. The molecule has 0 aliphatic rings. The number of thiazole rings is 1. The summed E-state index contributed by atoms with van der Waals surface area (Å²) in [4.78, 5) is 38.7. The number of aliphatic hydroxyl groups excluding tert-OH is 1. The van der Waals surface area contributed by atoms with Crippen LogP contribution in [0.15, 0.2) is 5.38 Å². The zero-order valence-corrected chi connectivity index (χ0v) is 11.3. The van der Waals surface area contributed by atoms with E-state index in [1.165, 1.54) is 12.3 Å². The van der Waals surface area contributed by atoms with Gasteiger partial charge in [0.1, 0.15) is 11.7 Å². The quantitative estimate of drug-likeness (QED) is 0.530. The number of nitrogens with zero attached hydrogens (tertiary/aromatic N) is 1. The van der Waals surface area contributed by atoms with Gasteiger partial charge in [0.2, 0.25) is 6.29 Å². The predicted octanol–water partition coefficient (Wildman–Crippen LogP) is -0.109. The summed E-state index contributed by atoms with van der Waals surface area (Å²) < 4.78 is 4.40. The Balaban J connectivity index is 2.86. The molecule has 8 heteroatoms. The molecular formula is C11H14N2O5S. The summed E-state index contributed by atoms with van der Waals surface area (Å²) >= 11 is 1.10. The molecule has 104 valence electrons. The maximum absolute atomic E-state index is 11.9. The van der Waals surface area contributed by atoms with Crippen molar-refractivity contribution >= 4 is 33.8 Å². The zero-order chi connectivity index (χ0) is 14.6. The van der Waals surface area contributed by atoms with Gasteiger partial charge in [-0.05, 0) is 6.92 Å². The monoisotopic (exact) mass is 286 g/mol. The van der Waals surface area contributed by atoms with E-state index in [-0.39, 0.29) is 10.8 Å². The Morgan fingerprint density at radius 1 is 1.47 bits per heavy atom. The fraction of sp³-hybridized carbons (Fsp3) is 0.455. The number of aromatic nitrogens is 1. The van der Waals surface area contributed by atoms with E-state index in [9.17, 15) is 14.4 Å². The van der Waals surface area contributed by atoms with Crippen LogP contribution in [0.25, 0.3) is 0 Å². The zero-order valence-electron chi connectivity index (χ0n) is 10.5. The normalized spacial score (nSPS) is 13.8. The van der Waals surface area contributed by atoms with Crippen molar-refractivity contribution in [1.82, 2.24) is 4.98 Å². The van der Waals surface area contributed by atoms with Gasteiger partial charge in [0, 0.05) is 12.5 Å². The summed E-state index contributed by atoms with van der Waals surface area (Å²) in [6.45, 7) is 1.23. The van der Waals surface area contributed by atoms with Crippen LogP contribution in [0.3, 0.4) is 0 Å². The van der Waals surface area contributed by atoms with Gasteiger partial charge < -0.3 is 15.6 Å². The number of ether oxygens (including phenoxy) is 1. The van der Waals surface area contributed by atoms with E-state index in [0.29, 0.717) is 0 Å². The van der Waals surface area contributed by atoms with Gasteiger partial charge in [0.05, 0.1) is 12.1 Å². The van der Waals surface area contributed by atoms with Gasteiger partial charge in [-0.1, -0.05) is 0 Å². The lowest BCUT2D eigenvalue weighted by Crippen LogP contribution is -2.29. The standard InChI is InChI=1S/C11H14N2O5S/c1-5(14)9(6-4-19-11(12)13-6)7(15)3-8(16)10(17)18-2/h4,9-10,17H,3H2,1-2H3,(H2,12,13). The smallest absolute Gasteiger partial charge is 0.215 e. The molecule has 0 spiro atoms. The second-order valence-corrected chi connectivity index (χ2v) is 4.74. The molecule has 1 aromatic heterocycles. The van der Waals surface area contributed by atoms with E-state index in [1.807, 2.05) is 0 Å². The average Bonchev–Trinajstić information content (AvgIpc) is 2.73. The number of nitrogens with two attached hydrogens (primary N) is 1. The van der Waals surface area contributed by atoms with Crippen molar-refractivity contribution in [3.8, 4) is 0 Å². The van der Waals surface area contributed by atoms with Crippen molar-refractivity contribution in [2.75, 3.05) is 12.8 Å². The Kier molecular flexibility index (Phi) is 5.28. The van der Waals surface area contributed by atoms with Gasteiger partial charge in [-0.2, -0.15) is 0 Å². The van der Waals surface area contributed by atoms with Crippen LogP contribution in [-0.2, 0) is 19.1 Å². The number of methoxy groups -OCH3 is 1. The first-order valence-corrected chi connectivity index (χ1v) is 6.22. The summed E-state index contributed by atoms with van der Waals surface area (Å²) in [5.74, 6) is -3.02. The van der Waals surface area contributed by atoms with Gasteiger partial charge >= 0.3 is 0 Å². The number of nitrogen functional groups attached to an aromatic ring is 1. The number of rotatable bonds is 7. The first-order chi connectivity index (χ1) is 8.86.